The Labute approximate surface area is 157 Å². The van der Waals surface area contributed by atoms with Crippen LogP contribution >= 0.6 is 11.8 Å². The number of aromatic nitrogens is 3. The Morgan fingerprint density at radius 2 is 2.08 bits per heavy atom. The molecule has 3 rings (SSSR count). The minimum Gasteiger partial charge on any atom is -0.351 e. The largest absolute Gasteiger partial charge is 0.351 e. The zero-order valence-electron chi connectivity index (χ0n) is 15.0. The van der Waals surface area contributed by atoms with Crippen molar-refractivity contribution < 1.29 is 9.59 Å². The monoisotopic (exact) mass is 372 g/mol. The predicted octanol–water partition coefficient (Wildman–Crippen LogP) is 3.14. The Hall–Kier alpha value is -2.15. The van der Waals surface area contributed by atoms with Gasteiger partial charge >= 0.3 is 0 Å². The summed E-state index contributed by atoms with van der Waals surface area (Å²) >= 11 is 1.38. The molecule has 2 aromatic heterocycles. The van der Waals surface area contributed by atoms with Gasteiger partial charge < -0.3 is 5.32 Å². The third kappa shape index (κ3) is 4.52. The highest BCUT2D eigenvalue weighted by molar-refractivity contribution is 8.13. The van der Waals surface area contributed by atoms with Crippen molar-refractivity contribution in [1.29, 1.82) is 0 Å². The highest BCUT2D eigenvalue weighted by Crippen LogP contribution is 2.32. The number of amides is 1. The number of unbranched alkanes of at least 4 members (excludes halogenated alkanes) is 3. The molecule has 7 heteroatoms. The van der Waals surface area contributed by atoms with E-state index in [2.05, 4.69) is 20.5 Å². The Morgan fingerprint density at radius 1 is 1.23 bits per heavy atom. The first kappa shape index (κ1) is 18.6. The molecular weight excluding hydrogens is 348 g/mol. The lowest BCUT2D eigenvalue weighted by Gasteiger charge is -2.15. The Bertz CT molecular complexity index is 788. The lowest BCUT2D eigenvalue weighted by Crippen LogP contribution is -2.26. The minimum absolute atomic E-state index is 0.109. The maximum absolute atomic E-state index is 12.4. The van der Waals surface area contributed by atoms with Gasteiger partial charge in [0.15, 0.2) is 10.8 Å². The van der Waals surface area contributed by atoms with Gasteiger partial charge in [0.1, 0.15) is 0 Å². The van der Waals surface area contributed by atoms with E-state index < -0.39 is 0 Å². The molecule has 2 aromatic rings. The van der Waals surface area contributed by atoms with Crippen LogP contribution in [0.3, 0.4) is 0 Å². The molecule has 0 aromatic carbocycles. The van der Waals surface area contributed by atoms with E-state index in [1.165, 1.54) is 17.3 Å². The van der Waals surface area contributed by atoms with E-state index in [9.17, 15) is 9.59 Å². The van der Waals surface area contributed by atoms with Gasteiger partial charge in [-0.2, -0.15) is 5.10 Å². The molecule has 138 valence electrons. The topological polar surface area (TPSA) is 87.7 Å². The number of H-pyrrole nitrogens is 1. The van der Waals surface area contributed by atoms with Crippen LogP contribution in [0, 0.1) is 0 Å². The van der Waals surface area contributed by atoms with E-state index in [1.807, 2.05) is 12.3 Å². The number of nitrogens with one attached hydrogen (secondary N) is 2. The van der Waals surface area contributed by atoms with Crippen molar-refractivity contribution in [3.63, 3.8) is 0 Å². The average molecular weight is 372 g/mol. The molecule has 2 N–H and O–H groups in total. The van der Waals surface area contributed by atoms with Crippen LogP contribution in [0.25, 0.3) is 11.3 Å². The molecule has 0 aliphatic heterocycles. The third-order valence-corrected chi connectivity index (χ3v) is 5.47. The van der Waals surface area contributed by atoms with Crippen LogP contribution in [-0.2, 0) is 17.6 Å². The molecule has 0 atom stereocenters. The van der Waals surface area contributed by atoms with Crippen LogP contribution in [0.4, 0.5) is 0 Å². The molecule has 1 aliphatic rings. The van der Waals surface area contributed by atoms with Gasteiger partial charge in [-0.25, -0.2) is 0 Å². The second-order valence-electron chi connectivity index (χ2n) is 6.47. The molecule has 26 heavy (non-hydrogen) atoms. The number of pyridine rings is 1. The summed E-state index contributed by atoms with van der Waals surface area (Å²) in [5.74, 6) is 0.777. The molecule has 0 saturated heterocycles. The van der Waals surface area contributed by atoms with Gasteiger partial charge in [-0.15, -0.1) is 0 Å². The fourth-order valence-electron chi connectivity index (χ4n) is 3.23. The summed E-state index contributed by atoms with van der Waals surface area (Å²) < 4.78 is 0. The normalized spacial score (nSPS) is 12.3. The first-order valence-corrected chi connectivity index (χ1v) is 10.1. The molecule has 0 unspecified atom stereocenters. The molecule has 0 spiro atoms. The van der Waals surface area contributed by atoms with Crippen LogP contribution in [0.2, 0.25) is 0 Å². The van der Waals surface area contributed by atoms with Crippen LogP contribution in [0.5, 0.6) is 0 Å². The van der Waals surface area contributed by atoms with E-state index in [1.54, 1.807) is 13.1 Å². The first-order valence-electron chi connectivity index (χ1n) is 9.09. The van der Waals surface area contributed by atoms with E-state index in [4.69, 9.17) is 0 Å². The lowest BCUT2D eigenvalue weighted by molar-refractivity contribution is -0.109. The van der Waals surface area contributed by atoms with Crippen LogP contribution in [-0.4, -0.2) is 38.5 Å². The summed E-state index contributed by atoms with van der Waals surface area (Å²) in [6.07, 6.45) is 9.47. The number of aromatic amines is 1. The summed E-state index contributed by atoms with van der Waals surface area (Å²) in [5, 5.41) is 10.4. The zero-order valence-corrected chi connectivity index (χ0v) is 15.8. The number of carbonyl (C=O) groups is 2. The van der Waals surface area contributed by atoms with Crippen molar-refractivity contribution in [2.24, 2.45) is 0 Å². The number of rotatable bonds is 8. The number of nitrogens with zero attached hydrogens (tertiary/aromatic N) is 2. The van der Waals surface area contributed by atoms with E-state index in [-0.39, 0.29) is 11.0 Å². The summed E-state index contributed by atoms with van der Waals surface area (Å²) in [7, 11) is 0. The van der Waals surface area contributed by atoms with Crippen molar-refractivity contribution >= 4 is 22.8 Å². The molecule has 0 fully saturated rings. The zero-order chi connectivity index (χ0) is 18.4. The number of carbonyl (C=O) groups excluding carboxylic acids is 2. The number of thioether (sulfide) groups is 1. The van der Waals surface area contributed by atoms with Crippen molar-refractivity contribution in [2.45, 2.75) is 45.4 Å². The minimum atomic E-state index is -0.109. The highest BCUT2D eigenvalue weighted by Gasteiger charge is 2.25. The maximum atomic E-state index is 12.4. The predicted molar refractivity (Wildman–Crippen MR) is 103 cm³/mol. The van der Waals surface area contributed by atoms with Crippen molar-refractivity contribution in [2.75, 3.05) is 12.3 Å². The van der Waals surface area contributed by atoms with Crippen molar-refractivity contribution in [3.05, 3.63) is 35.3 Å². The standard InChI is InChI=1S/C19H24N4O2S/c1-13(24)26-11-5-3-2-4-9-21-19(25)18-15-7-6-14-8-10-20-12-16(14)17(15)22-23-18/h8,10,12H,2-7,9,11H2,1H3,(H,21,25)(H,22,23). The molecular formula is C19H24N4O2S. The molecule has 2 heterocycles. The van der Waals surface area contributed by atoms with Gasteiger partial charge in [0.05, 0.1) is 5.69 Å². The maximum Gasteiger partial charge on any atom is 0.272 e. The van der Waals surface area contributed by atoms with E-state index >= 15 is 0 Å². The highest BCUT2D eigenvalue weighted by atomic mass is 32.2. The van der Waals surface area contributed by atoms with Crippen molar-refractivity contribution in [1.82, 2.24) is 20.5 Å². The summed E-state index contributed by atoms with van der Waals surface area (Å²) in [5.41, 5.74) is 4.71. The summed E-state index contributed by atoms with van der Waals surface area (Å²) in [6.45, 7) is 2.25. The van der Waals surface area contributed by atoms with Gasteiger partial charge in [-0.3, -0.25) is 19.7 Å². The fraction of sp³-hybridized carbons (Fsp3) is 0.474. The van der Waals surface area contributed by atoms with Crippen LogP contribution in [0.1, 0.15) is 54.2 Å². The number of fused-ring (bicyclic) bond motifs is 3. The van der Waals surface area contributed by atoms with Crippen LogP contribution in [0.15, 0.2) is 18.5 Å². The van der Waals surface area contributed by atoms with E-state index in [0.29, 0.717) is 12.2 Å². The Kier molecular flexibility index (Phi) is 6.44. The molecule has 0 bridgehead atoms. The average Bonchev–Trinajstić information content (AvgIpc) is 3.08. The third-order valence-electron chi connectivity index (χ3n) is 4.57. The van der Waals surface area contributed by atoms with Gasteiger partial charge in [-0.1, -0.05) is 24.6 Å². The molecule has 1 amide bonds. The van der Waals surface area contributed by atoms with E-state index in [0.717, 1.165) is 61.1 Å². The molecule has 1 aliphatic carbocycles. The summed E-state index contributed by atoms with van der Waals surface area (Å²) in [4.78, 5) is 27.5. The second-order valence-corrected chi connectivity index (χ2v) is 7.74. The molecule has 6 nitrogen and oxygen atoms in total. The van der Waals surface area contributed by atoms with Gasteiger partial charge in [0.25, 0.3) is 5.91 Å². The number of aryl methyl sites for hydroxylation is 1. The second kappa shape index (κ2) is 8.98. The number of hydrogen-bond acceptors (Lipinski definition) is 5. The van der Waals surface area contributed by atoms with Gasteiger partial charge in [0.2, 0.25) is 0 Å². The first-order chi connectivity index (χ1) is 12.7. The molecule has 0 radical (unpaired) electrons. The summed E-state index contributed by atoms with van der Waals surface area (Å²) in [6, 6.07) is 2.02. The lowest BCUT2D eigenvalue weighted by atomic mass is 9.90. The quantitative estimate of drug-likeness (QED) is 0.695. The fourth-order valence-corrected chi connectivity index (χ4v) is 3.86. The number of hydrogen-bond donors (Lipinski definition) is 2. The molecule has 0 saturated carbocycles. The smallest absolute Gasteiger partial charge is 0.272 e. The Morgan fingerprint density at radius 3 is 2.92 bits per heavy atom. The van der Waals surface area contributed by atoms with Gasteiger partial charge in [-0.05, 0) is 37.3 Å². The van der Waals surface area contributed by atoms with Gasteiger partial charge in [0, 0.05) is 42.7 Å². The SMILES string of the molecule is CC(=O)SCCCCCCNC(=O)c1n[nH]c2c1CCc1ccncc1-2. The van der Waals surface area contributed by atoms with Crippen molar-refractivity contribution in [3.8, 4) is 11.3 Å². The Balaban J connectivity index is 1.46. The van der Waals surface area contributed by atoms with Crippen LogP contribution < -0.4 is 5.32 Å².